The normalized spacial score (nSPS) is 17.6. The molecule has 0 spiro atoms. The maximum atomic E-state index is 6.01. The largest absolute Gasteiger partial charge is 0.334 e. The molecule has 2 aromatic heterocycles. The lowest BCUT2D eigenvalue weighted by Gasteiger charge is -2.01. The van der Waals surface area contributed by atoms with E-state index in [2.05, 4.69) is 26.1 Å². The number of nitrogens with two attached hydrogens (primary N) is 1. The first-order chi connectivity index (χ1) is 7.74. The van der Waals surface area contributed by atoms with Crippen molar-refractivity contribution in [3.8, 4) is 11.5 Å². The summed E-state index contributed by atoms with van der Waals surface area (Å²) in [5.41, 5.74) is 6.95. The minimum Gasteiger partial charge on any atom is -0.334 e. The smallest absolute Gasteiger partial charge is 0.258 e. The van der Waals surface area contributed by atoms with E-state index in [1.807, 2.05) is 11.4 Å². The molecule has 0 aromatic carbocycles. The summed E-state index contributed by atoms with van der Waals surface area (Å²) >= 11 is 5.00. The number of nitrogens with zero attached hydrogens (tertiary/aromatic N) is 2. The summed E-state index contributed by atoms with van der Waals surface area (Å²) in [4.78, 5) is 4.34. The van der Waals surface area contributed by atoms with Gasteiger partial charge in [0.2, 0.25) is 0 Å². The maximum Gasteiger partial charge on any atom is 0.258 e. The molecule has 1 atom stereocenters. The Hall–Kier alpha value is -0.720. The third-order valence-corrected chi connectivity index (χ3v) is 4.19. The Morgan fingerprint density at radius 3 is 3.00 bits per heavy atom. The number of thiophene rings is 1. The van der Waals surface area contributed by atoms with Crippen LogP contribution in [0.3, 0.4) is 0 Å². The van der Waals surface area contributed by atoms with E-state index in [0.29, 0.717) is 17.6 Å². The average Bonchev–Trinajstić information content (AvgIpc) is 2.84. The second-order valence-corrected chi connectivity index (χ2v) is 6.25. The van der Waals surface area contributed by atoms with Gasteiger partial charge in [-0.3, -0.25) is 0 Å². The standard InChI is InChI=1S/C10H10BrN3OS/c11-7-3-6(4-16-7)10-13-9(14-15-10)8(12)5-1-2-5/h3-5,8H,1-2,12H2. The van der Waals surface area contributed by atoms with Crippen molar-refractivity contribution >= 4 is 27.3 Å². The molecule has 1 saturated carbocycles. The molecule has 1 unspecified atom stereocenters. The van der Waals surface area contributed by atoms with Crippen LogP contribution in [-0.4, -0.2) is 10.1 Å². The first kappa shape index (κ1) is 10.4. The van der Waals surface area contributed by atoms with Gasteiger partial charge in [0.05, 0.1) is 15.4 Å². The first-order valence-corrected chi connectivity index (χ1v) is 6.75. The van der Waals surface area contributed by atoms with E-state index in [9.17, 15) is 0 Å². The van der Waals surface area contributed by atoms with Crippen LogP contribution in [0.25, 0.3) is 11.5 Å². The topological polar surface area (TPSA) is 64.9 Å². The second-order valence-electron chi connectivity index (χ2n) is 3.96. The SMILES string of the molecule is NC(c1noc(-c2csc(Br)c2)n1)C1CC1. The highest BCUT2D eigenvalue weighted by atomic mass is 79.9. The summed E-state index contributed by atoms with van der Waals surface area (Å²) in [6.45, 7) is 0. The second kappa shape index (κ2) is 3.94. The Morgan fingerprint density at radius 1 is 1.56 bits per heavy atom. The molecule has 16 heavy (non-hydrogen) atoms. The minimum atomic E-state index is -0.0698. The average molecular weight is 300 g/mol. The molecule has 2 N–H and O–H groups in total. The van der Waals surface area contributed by atoms with Gasteiger partial charge >= 0.3 is 0 Å². The zero-order valence-electron chi connectivity index (χ0n) is 8.39. The Balaban J connectivity index is 1.86. The minimum absolute atomic E-state index is 0.0698. The van der Waals surface area contributed by atoms with Gasteiger partial charge in [-0.2, -0.15) is 4.98 Å². The molecular formula is C10H10BrN3OS. The van der Waals surface area contributed by atoms with Crippen LogP contribution in [0.5, 0.6) is 0 Å². The molecule has 0 bridgehead atoms. The van der Waals surface area contributed by atoms with Gasteiger partial charge in [-0.15, -0.1) is 11.3 Å². The molecule has 0 amide bonds. The van der Waals surface area contributed by atoms with Crippen LogP contribution >= 0.6 is 27.3 Å². The van der Waals surface area contributed by atoms with Gasteiger partial charge in [0.15, 0.2) is 5.82 Å². The number of rotatable bonds is 3. The number of halogens is 1. The molecule has 1 fully saturated rings. The molecule has 6 heteroatoms. The lowest BCUT2D eigenvalue weighted by Crippen LogP contribution is -2.13. The van der Waals surface area contributed by atoms with Gasteiger partial charge in [-0.25, -0.2) is 0 Å². The predicted molar refractivity (Wildman–Crippen MR) is 65.0 cm³/mol. The van der Waals surface area contributed by atoms with Crippen LogP contribution in [0, 0.1) is 5.92 Å². The van der Waals surface area contributed by atoms with Crippen molar-refractivity contribution in [2.24, 2.45) is 11.7 Å². The van der Waals surface area contributed by atoms with E-state index in [-0.39, 0.29) is 6.04 Å². The van der Waals surface area contributed by atoms with E-state index in [0.717, 1.165) is 9.35 Å². The molecule has 4 nitrogen and oxygen atoms in total. The van der Waals surface area contributed by atoms with E-state index >= 15 is 0 Å². The summed E-state index contributed by atoms with van der Waals surface area (Å²) in [7, 11) is 0. The van der Waals surface area contributed by atoms with Crippen LogP contribution in [-0.2, 0) is 0 Å². The van der Waals surface area contributed by atoms with Crippen LogP contribution in [0.4, 0.5) is 0 Å². The Morgan fingerprint density at radius 2 is 2.38 bits per heavy atom. The van der Waals surface area contributed by atoms with Gasteiger partial charge in [-0.05, 0) is 40.8 Å². The van der Waals surface area contributed by atoms with Crippen molar-refractivity contribution in [3.05, 3.63) is 21.1 Å². The number of hydrogen-bond donors (Lipinski definition) is 1. The van der Waals surface area contributed by atoms with Crippen LogP contribution in [0.2, 0.25) is 0 Å². The quantitative estimate of drug-likeness (QED) is 0.946. The molecule has 1 aliphatic rings. The van der Waals surface area contributed by atoms with Crippen molar-refractivity contribution in [2.75, 3.05) is 0 Å². The highest BCUT2D eigenvalue weighted by Crippen LogP contribution is 2.39. The molecule has 1 aliphatic carbocycles. The van der Waals surface area contributed by atoms with Crippen molar-refractivity contribution in [2.45, 2.75) is 18.9 Å². The third kappa shape index (κ3) is 1.92. The fraction of sp³-hybridized carbons (Fsp3) is 0.400. The van der Waals surface area contributed by atoms with E-state index in [1.54, 1.807) is 11.3 Å². The summed E-state index contributed by atoms with van der Waals surface area (Å²) in [5, 5.41) is 5.92. The fourth-order valence-electron chi connectivity index (χ4n) is 1.58. The van der Waals surface area contributed by atoms with Crippen molar-refractivity contribution in [3.63, 3.8) is 0 Å². The lowest BCUT2D eigenvalue weighted by atomic mass is 10.2. The number of aromatic nitrogens is 2. The van der Waals surface area contributed by atoms with Gasteiger partial charge in [0.1, 0.15) is 0 Å². The van der Waals surface area contributed by atoms with Gasteiger partial charge < -0.3 is 10.3 Å². The number of hydrogen-bond acceptors (Lipinski definition) is 5. The van der Waals surface area contributed by atoms with Crippen LogP contribution in [0.15, 0.2) is 19.8 Å². The zero-order valence-corrected chi connectivity index (χ0v) is 10.8. The molecule has 3 rings (SSSR count). The van der Waals surface area contributed by atoms with Crippen LogP contribution < -0.4 is 5.73 Å². The monoisotopic (exact) mass is 299 g/mol. The van der Waals surface area contributed by atoms with Crippen molar-refractivity contribution in [1.29, 1.82) is 0 Å². The molecule has 2 aromatic rings. The summed E-state index contributed by atoms with van der Waals surface area (Å²) in [6.07, 6.45) is 2.35. The predicted octanol–water partition coefficient (Wildman–Crippen LogP) is 2.97. The molecule has 0 saturated heterocycles. The molecule has 2 heterocycles. The fourth-order valence-corrected chi connectivity index (χ4v) is 2.71. The first-order valence-electron chi connectivity index (χ1n) is 5.07. The van der Waals surface area contributed by atoms with Crippen molar-refractivity contribution in [1.82, 2.24) is 10.1 Å². The maximum absolute atomic E-state index is 6.01. The van der Waals surface area contributed by atoms with E-state index < -0.39 is 0 Å². The van der Waals surface area contributed by atoms with Crippen molar-refractivity contribution < 1.29 is 4.52 Å². The highest BCUT2D eigenvalue weighted by molar-refractivity contribution is 9.11. The van der Waals surface area contributed by atoms with Gasteiger partial charge in [0.25, 0.3) is 5.89 Å². The lowest BCUT2D eigenvalue weighted by molar-refractivity contribution is 0.411. The molecule has 0 radical (unpaired) electrons. The van der Waals surface area contributed by atoms with E-state index in [4.69, 9.17) is 10.3 Å². The molecular weight excluding hydrogens is 290 g/mol. The molecule has 84 valence electrons. The Bertz CT molecular complexity index is 506. The Kier molecular flexibility index (Phi) is 2.57. The summed E-state index contributed by atoms with van der Waals surface area (Å²) in [6, 6.07) is 1.89. The molecule has 0 aliphatic heterocycles. The van der Waals surface area contributed by atoms with E-state index in [1.165, 1.54) is 12.8 Å². The summed E-state index contributed by atoms with van der Waals surface area (Å²) in [5.74, 6) is 1.72. The zero-order chi connectivity index (χ0) is 11.1. The highest BCUT2D eigenvalue weighted by Gasteiger charge is 2.32. The Labute approximate surface area is 105 Å². The summed E-state index contributed by atoms with van der Waals surface area (Å²) < 4.78 is 6.26. The van der Waals surface area contributed by atoms with Gasteiger partial charge in [-0.1, -0.05) is 5.16 Å². The van der Waals surface area contributed by atoms with Gasteiger partial charge in [0, 0.05) is 5.38 Å². The van der Waals surface area contributed by atoms with Crippen LogP contribution in [0.1, 0.15) is 24.7 Å². The third-order valence-electron chi connectivity index (χ3n) is 2.68.